The van der Waals surface area contributed by atoms with Crippen molar-refractivity contribution in [2.45, 2.75) is 19.0 Å². The lowest BCUT2D eigenvalue weighted by atomic mass is 9.95. The van der Waals surface area contributed by atoms with Crippen LogP contribution in [0.5, 0.6) is 0 Å². The molecule has 1 aliphatic heterocycles. The van der Waals surface area contributed by atoms with E-state index in [-0.39, 0.29) is 16.8 Å². The third-order valence-corrected chi connectivity index (χ3v) is 5.72. The van der Waals surface area contributed by atoms with E-state index in [0.717, 1.165) is 17.8 Å². The Kier molecular flexibility index (Phi) is 7.03. The number of nitrogens with one attached hydrogen (secondary N) is 1. The summed E-state index contributed by atoms with van der Waals surface area (Å²) in [5, 5.41) is 2.88. The topological polar surface area (TPSA) is 58.1 Å². The third kappa shape index (κ3) is 5.86. The maximum Gasteiger partial charge on any atom is 0.417 e. The molecule has 174 valence electrons. The number of hydrogen-bond acceptors (Lipinski definition) is 4. The Morgan fingerprint density at radius 1 is 1.06 bits per heavy atom. The second-order valence-corrected chi connectivity index (χ2v) is 8.23. The van der Waals surface area contributed by atoms with Gasteiger partial charge in [-0.3, -0.25) is 4.79 Å². The van der Waals surface area contributed by atoms with Gasteiger partial charge in [0.2, 0.25) is 5.91 Å². The van der Waals surface area contributed by atoms with Crippen molar-refractivity contribution in [3.63, 3.8) is 0 Å². The molecule has 0 atom stereocenters. The van der Waals surface area contributed by atoms with Crippen LogP contribution in [0.3, 0.4) is 0 Å². The monoisotopic (exact) mass is 484 g/mol. The van der Waals surface area contributed by atoms with E-state index in [1.54, 1.807) is 23.2 Å². The average molecular weight is 485 g/mol. The highest BCUT2D eigenvalue weighted by Crippen LogP contribution is 2.34. The van der Waals surface area contributed by atoms with E-state index < -0.39 is 11.7 Å². The van der Waals surface area contributed by atoms with Gasteiger partial charge < -0.3 is 10.2 Å². The minimum atomic E-state index is -4.50. The molecule has 1 aliphatic rings. The number of benzene rings is 1. The second-order valence-electron chi connectivity index (χ2n) is 7.82. The highest BCUT2D eigenvalue weighted by molar-refractivity contribution is 6.33. The highest BCUT2D eigenvalue weighted by atomic mass is 35.5. The molecular formula is C25H20ClF3N4O. The zero-order valence-corrected chi connectivity index (χ0v) is 18.7. The largest absolute Gasteiger partial charge is 0.417 e. The first-order valence-electron chi connectivity index (χ1n) is 10.6. The van der Waals surface area contributed by atoms with Crippen LogP contribution in [-0.2, 0) is 11.0 Å². The second kappa shape index (κ2) is 10.1. The number of pyridine rings is 2. The number of piperidine rings is 1. The lowest BCUT2D eigenvalue weighted by Gasteiger charge is -2.32. The van der Waals surface area contributed by atoms with Crippen LogP contribution in [0.1, 0.15) is 29.7 Å². The van der Waals surface area contributed by atoms with Gasteiger partial charge in [-0.25, -0.2) is 9.97 Å². The molecular weight excluding hydrogens is 465 g/mol. The Hall–Kier alpha value is -3.57. The van der Waals surface area contributed by atoms with E-state index in [0.29, 0.717) is 43.1 Å². The molecule has 4 rings (SSSR count). The summed E-state index contributed by atoms with van der Waals surface area (Å²) >= 11 is 6.06. The first-order valence-corrected chi connectivity index (χ1v) is 11.0. The first-order chi connectivity index (χ1) is 16.3. The average Bonchev–Trinajstić information content (AvgIpc) is 2.83. The molecule has 3 aromatic rings. The summed E-state index contributed by atoms with van der Waals surface area (Å²) in [4.78, 5) is 22.7. The summed E-state index contributed by atoms with van der Waals surface area (Å²) in [6, 6.07) is 13.6. The van der Waals surface area contributed by atoms with Crippen molar-refractivity contribution in [2.75, 3.05) is 23.3 Å². The van der Waals surface area contributed by atoms with Gasteiger partial charge in [0.25, 0.3) is 0 Å². The molecule has 1 aromatic carbocycles. The van der Waals surface area contributed by atoms with Crippen molar-refractivity contribution in [1.29, 1.82) is 0 Å². The normalized spacial score (nSPS) is 14.3. The van der Waals surface area contributed by atoms with Gasteiger partial charge in [0.15, 0.2) is 0 Å². The Morgan fingerprint density at radius 3 is 2.53 bits per heavy atom. The van der Waals surface area contributed by atoms with Crippen LogP contribution >= 0.6 is 11.6 Å². The SMILES string of the molecule is O=C(Nc1cccc(C#Cc2ccccn2)c1)C1CCN(c2ncc(C(F)(F)F)cc2Cl)CC1. The summed E-state index contributed by atoms with van der Waals surface area (Å²) in [6.07, 6.45) is -0.979. The van der Waals surface area contributed by atoms with E-state index in [9.17, 15) is 18.0 Å². The Bertz CT molecular complexity index is 1230. The summed E-state index contributed by atoms with van der Waals surface area (Å²) in [5.74, 6) is 5.98. The zero-order valence-electron chi connectivity index (χ0n) is 17.9. The molecule has 9 heteroatoms. The number of alkyl halides is 3. The molecule has 5 nitrogen and oxygen atoms in total. The molecule has 0 bridgehead atoms. The number of halogens is 4. The molecule has 3 heterocycles. The van der Waals surface area contributed by atoms with Crippen molar-refractivity contribution in [2.24, 2.45) is 5.92 Å². The highest BCUT2D eigenvalue weighted by Gasteiger charge is 2.33. The van der Waals surface area contributed by atoms with Crippen molar-refractivity contribution in [1.82, 2.24) is 9.97 Å². The fraction of sp³-hybridized carbons (Fsp3) is 0.240. The lowest BCUT2D eigenvalue weighted by Crippen LogP contribution is -2.38. The van der Waals surface area contributed by atoms with Crippen LogP contribution < -0.4 is 10.2 Å². The smallest absolute Gasteiger partial charge is 0.355 e. The molecule has 0 aliphatic carbocycles. The van der Waals surface area contributed by atoms with Crippen molar-refractivity contribution < 1.29 is 18.0 Å². The van der Waals surface area contributed by atoms with Gasteiger partial charge in [-0.15, -0.1) is 0 Å². The van der Waals surface area contributed by atoms with Gasteiger partial charge in [0.1, 0.15) is 11.5 Å². The van der Waals surface area contributed by atoms with Gasteiger partial charge in [-0.2, -0.15) is 13.2 Å². The van der Waals surface area contributed by atoms with E-state index in [4.69, 9.17) is 11.6 Å². The molecule has 1 N–H and O–H groups in total. The molecule has 0 unspecified atom stereocenters. The van der Waals surface area contributed by atoms with Crippen molar-refractivity contribution >= 4 is 29.0 Å². The Balaban J connectivity index is 1.35. The quantitative estimate of drug-likeness (QED) is 0.505. The summed E-state index contributed by atoms with van der Waals surface area (Å²) in [6.45, 7) is 0.928. The van der Waals surface area contributed by atoms with Crippen molar-refractivity contribution in [3.8, 4) is 11.8 Å². The van der Waals surface area contributed by atoms with Crippen molar-refractivity contribution in [3.05, 3.63) is 82.8 Å². The van der Waals surface area contributed by atoms with Gasteiger partial charge in [0.05, 0.1) is 10.6 Å². The lowest BCUT2D eigenvalue weighted by molar-refractivity contribution is -0.137. The molecule has 0 radical (unpaired) electrons. The molecule has 1 fully saturated rings. The van der Waals surface area contributed by atoms with Crippen LogP contribution in [0.4, 0.5) is 24.7 Å². The Labute approximate surface area is 200 Å². The molecule has 0 spiro atoms. The first kappa shape index (κ1) is 23.6. The predicted molar refractivity (Wildman–Crippen MR) is 124 cm³/mol. The van der Waals surface area contributed by atoms with E-state index >= 15 is 0 Å². The van der Waals surface area contributed by atoms with Crippen LogP contribution in [0.2, 0.25) is 5.02 Å². The maximum absolute atomic E-state index is 12.8. The Morgan fingerprint density at radius 2 is 1.85 bits per heavy atom. The molecule has 2 aromatic heterocycles. The van der Waals surface area contributed by atoms with Gasteiger partial charge >= 0.3 is 6.18 Å². The summed E-state index contributed by atoms with van der Waals surface area (Å²) in [5.41, 5.74) is 1.17. The molecule has 1 amide bonds. The van der Waals surface area contributed by atoms with Crippen LogP contribution in [0.25, 0.3) is 0 Å². The van der Waals surface area contributed by atoms with E-state index in [1.165, 1.54) is 0 Å². The van der Waals surface area contributed by atoms with E-state index in [2.05, 4.69) is 27.1 Å². The van der Waals surface area contributed by atoms with Crippen LogP contribution in [0.15, 0.2) is 60.9 Å². The number of carbonyl (C=O) groups excluding carboxylic acids is 1. The molecule has 1 saturated heterocycles. The minimum Gasteiger partial charge on any atom is -0.355 e. The standard InChI is InChI=1S/C25H20ClF3N4O/c26-22-15-19(25(27,28)29)16-31-23(22)33-12-9-18(10-13-33)24(34)32-21-6-3-4-17(14-21)7-8-20-5-1-2-11-30-20/h1-6,11,14-16,18H,9-10,12-13H2,(H,32,34). The van der Waals surface area contributed by atoms with E-state index in [1.807, 2.05) is 30.3 Å². The molecule has 34 heavy (non-hydrogen) atoms. The number of carbonyl (C=O) groups is 1. The maximum atomic E-state index is 12.8. The number of nitrogens with zero attached hydrogens (tertiary/aromatic N) is 3. The summed E-state index contributed by atoms with van der Waals surface area (Å²) in [7, 11) is 0. The number of anilines is 2. The fourth-order valence-corrected chi connectivity index (χ4v) is 3.95. The van der Waals surface area contributed by atoms with Gasteiger partial charge in [-0.1, -0.05) is 29.7 Å². The minimum absolute atomic E-state index is 0.0543. The zero-order chi connectivity index (χ0) is 24.1. The summed E-state index contributed by atoms with van der Waals surface area (Å²) < 4.78 is 38.5. The van der Waals surface area contributed by atoms with Crippen LogP contribution in [-0.4, -0.2) is 29.0 Å². The number of hydrogen-bond donors (Lipinski definition) is 1. The van der Waals surface area contributed by atoms with Crippen LogP contribution in [0, 0.1) is 17.8 Å². The fourth-order valence-electron chi connectivity index (χ4n) is 3.66. The van der Waals surface area contributed by atoms with Gasteiger partial charge in [0, 0.05) is 42.7 Å². The predicted octanol–water partition coefficient (Wildman–Crippen LogP) is 5.40. The molecule has 0 saturated carbocycles. The number of rotatable bonds is 3. The van der Waals surface area contributed by atoms with Gasteiger partial charge in [-0.05, 0) is 55.2 Å². The number of amides is 1. The third-order valence-electron chi connectivity index (χ3n) is 5.44. The number of aromatic nitrogens is 2.